The first-order valence-electron chi connectivity index (χ1n) is 4.49. The highest BCUT2D eigenvalue weighted by molar-refractivity contribution is 5.68. The lowest BCUT2D eigenvalue weighted by molar-refractivity contribution is -0.163. The second kappa shape index (κ2) is 4.60. The average Bonchev–Trinajstić information content (AvgIpc) is 2.17. The van der Waals surface area contributed by atoms with Crippen molar-refractivity contribution in [2.45, 2.75) is 18.5 Å². The number of hydrogen-bond donors (Lipinski definition) is 2. The van der Waals surface area contributed by atoms with Gasteiger partial charge in [0.1, 0.15) is 0 Å². The Hall–Kier alpha value is -1.79. The van der Waals surface area contributed by atoms with E-state index >= 15 is 0 Å². The van der Waals surface area contributed by atoms with Crippen LogP contribution in [-0.4, -0.2) is 22.4 Å². The molecule has 0 aromatic heterocycles. The Bertz CT molecular complexity index is 428. The van der Waals surface area contributed by atoms with E-state index in [0.717, 1.165) is 18.2 Å². The number of carboxylic acid groups (broad SMARTS) is 1. The van der Waals surface area contributed by atoms with Gasteiger partial charge in [-0.15, -0.1) is 0 Å². The molecule has 17 heavy (non-hydrogen) atoms. The number of alkyl halides is 3. The number of benzene rings is 1. The van der Waals surface area contributed by atoms with Gasteiger partial charge in [-0.05, 0) is 6.07 Å². The van der Waals surface area contributed by atoms with Gasteiger partial charge in [-0.3, -0.25) is 4.79 Å². The molecule has 94 valence electrons. The number of halogens is 4. The zero-order valence-electron chi connectivity index (χ0n) is 8.33. The van der Waals surface area contributed by atoms with E-state index in [4.69, 9.17) is 5.11 Å². The second-order valence-corrected chi connectivity index (χ2v) is 3.37. The normalized spacial score (nSPS) is 13.4. The van der Waals surface area contributed by atoms with Crippen LogP contribution in [0.25, 0.3) is 0 Å². The molecule has 1 atom stereocenters. The van der Waals surface area contributed by atoms with Crippen molar-refractivity contribution in [1.29, 1.82) is 0 Å². The molecule has 0 amide bonds. The predicted octanol–water partition coefficient (Wildman–Crippen LogP) is 2.65. The summed E-state index contributed by atoms with van der Waals surface area (Å²) < 4.78 is 50.6. The first-order valence-corrected chi connectivity index (χ1v) is 4.49. The van der Waals surface area contributed by atoms with Gasteiger partial charge < -0.3 is 10.2 Å². The van der Waals surface area contributed by atoms with Gasteiger partial charge in [0.15, 0.2) is 11.6 Å². The Kier molecular flexibility index (Phi) is 3.59. The number of aliphatic carboxylic acids is 1. The van der Waals surface area contributed by atoms with E-state index in [0.29, 0.717) is 0 Å². The lowest BCUT2D eigenvalue weighted by Gasteiger charge is -2.19. The van der Waals surface area contributed by atoms with Gasteiger partial charge >= 0.3 is 12.1 Å². The topological polar surface area (TPSA) is 57.5 Å². The molecule has 0 aliphatic carbocycles. The lowest BCUT2D eigenvalue weighted by Crippen LogP contribution is -2.23. The van der Waals surface area contributed by atoms with Gasteiger partial charge in [-0.1, -0.05) is 12.1 Å². The van der Waals surface area contributed by atoms with Gasteiger partial charge in [-0.2, -0.15) is 13.2 Å². The van der Waals surface area contributed by atoms with Crippen LogP contribution in [0.2, 0.25) is 0 Å². The Morgan fingerprint density at radius 2 is 1.94 bits per heavy atom. The predicted molar refractivity (Wildman–Crippen MR) is 49.1 cm³/mol. The molecule has 2 N–H and O–H groups in total. The van der Waals surface area contributed by atoms with Crippen molar-refractivity contribution in [3.8, 4) is 5.75 Å². The van der Waals surface area contributed by atoms with Crippen molar-refractivity contribution in [1.82, 2.24) is 0 Å². The van der Waals surface area contributed by atoms with Crippen molar-refractivity contribution < 1.29 is 32.6 Å². The van der Waals surface area contributed by atoms with E-state index in [-0.39, 0.29) is 0 Å². The van der Waals surface area contributed by atoms with Crippen LogP contribution >= 0.6 is 0 Å². The first-order chi connectivity index (χ1) is 7.73. The van der Waals surface area contributed by atoms with Gasteiger partial charge in [0.2, 0.25) is 0 Å². The van der Waals surface area contributed by atoms with Gasteiger partial charge in [0, 0.05) is 5.56 Å². The highest BCUT2D eigenvalue weighted by Gasteiger charge is 2.43. The highest BCUT2D eigenvalue weighted by atomic mass is 19.4. The minimum atomic E-state index is -4.87. The average molecular weight is 252 g/mol. The molecule has 0 aliphatic heterocycles. The molecule has 1 unspecified atom stereocenters. The van der Waals surface area contributed by atoms with Crippen molar-refractivity contribution in [2.75, 3.05) is 0 Å². The third kappa shape index (κ3) is 3.08. The molecule has 0 aliphatic rings. The van der Waals surface area contributed by atoms with Crippen LogP contribution < -0.4 is 0 Å². The summed E-state index contributed by atoms with van der Waals surface area (Å²) in [5.41, 5.74) is -0.778. The van der Waals surface area contributed by atoms with E-state index in [1.165, 1.54) is 0 Å². The molecule has 7 heteroatoms. The van der Waals surface area contributed by atoms with Crippen molar-refractivity contribution >= 4 is 5.97 Å². The monoisotopic (exact) mass is 252 g/mol. The smallest absolute Gasteiger partial charge is 0.396 e. The Labute approximate surface area is 93.3 Å². The summed E-state index contributed by atoms with van der Waals surface area (Å²) in [6.07, 6.45) is -6.13. The SMILES string of the molecule is O=C(O)CC(c1cccc(F)c1O)C(F)(F)F. The number of hydrogen-bond acceptors (Lipinski definition) is 2. The van der Waals surface area contributed by atoms with Crippen LogP contribution in [-0.2, 0) is 4.79 Å². The van der Waals surface area contributed by atoms with Gasteiger partial charge in [0.25, 0.3) is 0 Å². The van der Waals surface area contributed by atoms with Crippen molar-refractivity contribution in [3.05, 3.63) is 29.6 Å². The maximum atomic E-state index is 12.9. The molecule has 0 bridgehead atoms. The standard InChI is InChI=1S/C10H8F4O3/c11-7-3-1-2-5(9(7)17)6(4-8(15)16)10(12,13)14/h1-3,6,17H,4H2,(H,15,16). The maximum absolute atomic E-state index is 12.9. The summed E-state index contributed by atoms with van der Waals surface area (Å²) in [4.78, 5) is 10.4. The third-order valence-corrected chi connectivity index (χ3v) is 2.17. The molecule has 0 fully saturated rings. The lowest BCUT2D eigenvalue weighted by atomic mass is 9.94. The Morgan fingerprint density at radius 1 is 1.35 bits per heavy atom. The van der Waals surface area contributed by atoms with E-state index in [9.17, 15) is 27.5 Å². The fourth-order valence-corrected chi connectivity index (χ4v) is 1.39. The molecule has 3 nitrogen and oxygen atoms in total. The second-order valence-electron chi connectivity index (χ2n) is 3.37. The van der Waals surface area contributed by atoms with E-state index < -0.39 is 41.6 Å². The summed E-state index contributed by atoms with van der Waals surface area (Å²) in [5, 5.41) is 17.6. The molecular formula is C10H8F4O3. The number of carbonyl (C=O) groups is 1. The quantitative estimate of drug-likeness (QED) is 0.813. The van der Waals surface area contributed by atoms with Crippen LogP contribution in [0.5, 0.6) is 5.75 Å². The number of rotatable bonds is 3. The molecule has 0 radical (unpaired) electrons. The number of aromatic hydroxyl groups is 1. The maximum Gasteiger partial charge on any atom is 0.396 e. The number of phenolic OH excluding ortho intramolecular Hbond substituents is 1. The summed E-state index contributed by atoms with van der Waals surface area (Å²) in [6, 6.07) is 2.61. The zero-order valence-corrected chi connectivity index (χ0v) is 8.33. The molecule has 0 spiro atoms. The van der Waals surface area contributed by atoms with E-state index in [1.54, 1.807) is 0 Å². The molecule has 0 saturated carbocycles. The Morgan fingerprint density at radius 3 is 2.41 bits per heavy atom. The molecular weight excluding hydrogens is 244 g/mol. The van der Waals surface area contributed by atoms with E-state index in [1.807, 2.05) is 0 Å². The fourth-order valence-electron chi connectivity index (χ4n) is 1.39. The zero-order chi connectivity index (χ0) is 13.2. The third-order valence-electron chi connectivity index (χ3n) is 2.17. The van der Waals surface area contributed by atoms with Crippen LogP contribution in [0.1, 0.15) is 17.9 Å². The van der Waals surface area contributed by atoms with Crippen LogP contribution in [0.15, 0.2) is 18.2 Å². The number of phenols is 1. The van der Waals surface area contributed by atoms with Crippen LogP contribution in [0.4, 0.5) is 17.6 Å². The summed E-state index contributed by atoms with van der Waals surface area (Å²) in [6.45, 7) is 0. The van der Waals surface area contributed by atoms with Crippen molar-refractivity contribution in [3.63, 3.8) is 0 Å². The van der Waals surface area contributed by atoms with Crippen LogP contribution in [0, 0.1) is 5.82 Å². The summed E-state index contributed by atoms with van der Waals surface area (Å²) in [7, 11) is 0. The van der Waals surface area contributed by atoms with Gasteiger partial charge in [-0.25, -0.2) is 4.39 Å². The first kappa shape index (κ1) is 13.3. The van der Waals surface area contributed by atoms with E-state index in [2.05, 4.69) is 0 Å². The van der Waals surface area contributed by atoms with Crippen LogP contribution in [0.3, 0.4) is 0 Å². The highest BCUT2D eigenvalue weighted by Crippen LogP contribution is 2.41. The summed E-state index contributed by atoms with van der Waals surface area (Å²) in [5.74, 6) is -6.51. The molecule has 0 heterocycles. The van der Waals surface area contributed by atoms with Gasteiger partial charge in [0.05, 0.1) is 12.3 Å². The largest absolute Gasteiger partial charge is 0.505 e. The summed E-state index contributed by atoms with van der Waals surface area (Å²) >= 11 is 0. The minimum absolute atomic E-state index is 0.778. The minimum Gasteiger partial charge on any atom is -0.505 e. The number of para-hydroxylation sites is 1. The molecule has 1 rings (SSSR count). The molecule has 0 saturated heterocycles. The molecule has 1 aromatic carbocycles. The molecule has 1 aromatic rings. The Balaban J connectivity index is 3.22. The fraction of sp³-hybridized carbons (Fsp3) is 0.300. The number of carboxylic acids is 1. The van der Waals surface area contributed by atoms with Crippen molar-refractivity contribution in [2.24, 2.45) is 0 Å².